The molecule has 1 heterocycles. The molecular formula is C19H22N4O5S. The number of sulfonamides is 1. The van der Waals surface area contributed by atoms with Crippen LogP contribution < -0.4 is 4.90 Å². The van der Waals surface area contributed by atoms with Crippen LogP contribution in [0.1, 0.15) is 10.4 Å². The quantitative estimate of drug-likeness (QED) is 0.542. The van der Waals surface area contributed by atoms with Crippen molar-refractivity contribution in [1.82, 2.24) is 9.21 Å². The summed E-state index contributed by atoms with van der Waals surface area (Å²) in [5.74, 6) is -0.138. The van der Waals surface area contributed by atoms with Crippen molar-refractivity contribution in [2.24, 2.45) is 0 Å². The van der Waals surface area contributed by atoms with Crippen LogP contribution in [0.4, 0.5) is 11.4 Å². The number of nitro benzene ring substituents is 1. The summed E-state index contributed by atoms with van der Waals surface area (Å²) in [4.78, 5) is 26.5. The third-order valence-corrected chi connectivity index (χ3v) is 6.73. The van der Waals surface area contributed by atoms with Gasteiger partial charge in [0.1, 0.15) is 0 Å². The topological polar surface area (TPSA) is 104 Å². The van der Waals surface area contributed by atoms with Crippen molar-refractivity contribution >= 4 is 27.3 Å². The molecule has 0 aliphatic carbocycles. The molecule has 10 heteroatoms. The number of piperazine rings is 1. The summed E-state index contributed by atoms with van der Waals surface area (Å²) in [6.45, 7) is 0.880. The molecule has 3 rings (SSSR count). The van der Waals surface area contributed by atoms with Gasteiger partial charge < -0.3 is 9.80 Å². The summed E-state index contributed by atoms with van der Waals surface area (Å²) < 4.78 is 26.9. The van der Waals surface area contributed by atoms with Crippen molar-refractivity contribution in [3.8, 4) is 0 Å². The van der Waals surface area contributed by atoms with Crippen LogP contribution in [0.15, 0.2) is 53.4 Å². The Morgan fingerprint density at radius 3 is 2.21 bits per heavy atom. The first kappa shape index (κ1) is 20.7. The predicted molar refractivity (Wildman–Crippen MR) is 109 cm³/mol. The van der Waals surface area contributed by atoms with E-state index in [1.165, 1.54) is 28.6 Å². The third-order valence-electron chi connectivity index (χ3n) is 4.82. The molecule has 1 aliphatic rings. The zero-order chi connectivity index (χ0) is 21.2. The van der Waals surface area contributed by atoms with E-state index in [9.17, 15) is 23.3 Å². The smallest absolute Gasteiger partial charge is 0.269 e. The highest BCUT2D eigenvalue weighted by Crippen LogP contribution is 2.22. The second kappa shape index (κ2) is 8.18. The highest BCUT2D eigenvalue weighted by Gasteiger charge is 2.30. The Labute approximate surface area is 169 Å². The van der Waals surface area contributed by atoms with Crippen molar-refractivity contribution in [2.45, 2.75) is 4.90 Å². The molecule has 1 saturated heterocycles. The van der Waals surface area contributed by atoms with Crippen molar-refractivity contribution in [3.63, 3.8) is 0 Å². The molecule has 0 spiro atoms. The van der Waals surface area contributed by atoms with E-state index >= 15 is 0 Å². The van der Waals surface area contributed by atoms with Gasteiger partial charge in [-0.25, -0.2) is 8.42 Å². The van der Waals surface area contributed by atoms with E-state index in [1.807, 2.05) is 37.2 Å². The molecule has 0 bridgehead atoms. The molecule has 0 saturated carbocycles. The molecule has 0 radical (unpaired) electrons. The Balaban J connectivity index is 1.68. The van der Waals surface area contributed by atoms with Crippen LogP contribution in [0.3, 0.4) is 0 Å². The number of carbonyl (C=O) groups excluding carboxylic acids is 1. The number of nitrogens with zero attached hydrogens (tertiary/aromatic N) is 4. The number of rotatable bonds is 5. The van der Waals surface area contributed by atoms with Gasteiger partial charge in [0.15, 0.2) is 0 Å². The molecule has 1 fully saturated rings. The minimum Gasteiger partial charge on any atom is -0.378 e. The summed E-state index contributed by atoms with van der Waals surface area (Å²) >= 11 is 0. The largest absolute Gasteiger partial charge is 0.378 e. The van der Waals surface area contributed by atoms with Crippen molar-refractivity contribution < 1.29 is 18.1 Å². The van der Waals surface area contributed by atoms with Gasteiger partial charge in [-0.1, -0.05) is 6.07 Å². The number of hydrogen-bond acceptors (Lipinski definition) is 6. The fraction of sp³-hybridized carbons (Fsp3) is 0.316. The van der Waals surface area contributed by atoms with E-state index in [1.54, 1.807) is 11.0 Å². The number of hydrogen-bond donors (Lipinski definition) is 0. The Morgan fingerprint density at radius 2 is 1.66 bits per heavy atom. The zero-order valence-corrected chi connectivity index (χ0v) is 17.0. The number of carbonyl (C=O) groups is 1. The molecule has 154 valence electrons. The highest BCUT2D eigenvalue weighted by atomic mass is 32.2. The van der Waals surface area contributed by atoms with Crippen molar-refractivity contribution in [2.75, 3.05) is 45.2 Å². The molecule has 0 atom stereocenters. The summed E-state index contributed by atoms with van der Waals surface area (Å²) in [7, 11) is 0.0184. The second-order valence-electron chi connectivity index (χ2n) is 6.89. The zero-order valence-electron chi connectivity index (χ0n) is 16.2. The average molecular weight is 418 g/mol. The van der Waals surface area contributed by atoms with E-state index in [-0.39, 0.29) is 42.7 Å². The van der Waals surface area contributed by atoms with Gasteiger partial charge in [0.05, 0.1) is 9.82 Å². The normalized spacial score (nSPS) is 15.2. The van der Waals surface area contributed by atoms with Gasteiger partial charge in [-0.05, 0) is 30.3 Å². The number of anilines is 1. The molecule has 9 nitrogen and oxygen atoms in total. The number of amides is 1. The fourth-order valence-corrected chi connectivity index (χ4v) is 4.54. The van der Waals surface area contributed by atoms with Gasteiger partial charge in [0.25, 0.3) is 11.6 Å². The van der Waals surface area contributed by atoms with Gasteiger partial charge in [-0.3, -0.25) is 14.9 Å². The van der Waals surface area contributed by atoms with Crippen LogP contribution in [-0.2, 0) is 10.0 Å². The Kier molecular flexibility index (Phi) is 5.85. The lowest BCUT2D eigenvalue weighted by Crippen LogP contribution is -2.50. The summed E-state index contributed by atoms with van der Waals surface area (Å²) in [6.07, 6.45) is 0. The van der Waals surface area contributed by atoms with Gasteiger partial charge >= 0.3 is 0 Å². The lowest BCUT2D eigenvalue weighted by Gasteiger charge is -2.34. The van der Waals surface area contributed by atoms with E-state index in [0.29, 0.717) is 5.56 Å². The maximum absolute atomic E-state index is 12.8. The first-order chi connectivity index (χ1) is 13.7. The van der Waals surface area contributed by atoms with Crippen LogP contribution in [0.5, 0.6) is 0 Å². The first-order valence-electron chi connectivity index (χ1n) is 9.01. The minimum absolute atomic E-state index is 0.00145. The molecule has 2 aromatic carbocycles. The molecular weight excluding hydrogens is 396 g/mol. The Morgan fingerprint density at radius 1 is 1.03 bits per heavy atom. The number of nitro groups is 1. The van der Waals surface area contributed by atoms with Crippen LogP contribution in [0, 0.1) is 10.1 Å². The van der Waals surface area contributed by atoms with E-state index in [2.05, 4.69) is 0 Å². The number of benzene rings is 2. The van der Waals surface area contributed by atoms with Crippen LogP contribution >= 0.6 is 0 Å². The lowest BCUT2D eigenvalue weighted by molar-refractivity contribution is -0.384. The summed E-state index contributed by atoms with van der Waals surface area (Å²) in [5.41, 5.74) is 1.30. The van der Waals surface area contributed by atoms with Gasteiger partial charge in [-0.2, -0.15) is 4.31 Å². The molecule has 0 aromatic heterocycles. The van der Waals surface area contributed by atoms with E-state index < -0.39 is 14.9 Å². The van der Waals surface area contributed by atoms with Gasteiger partial charge in [0.2, 0.25) is 10.0 Å². The molecule has 1 aliphatic heterocycles. The second-order valence-corrected chi connectivity index (χ2v) is 8.83. The van der Waals surface area contributed by atoms with Crippen LogP contribution in [-0.4, -0.2) is 68.7 Å². The SMILES string of the molecule is CN(C)c1cccc(C(=O)N2CCN(S(=O)(=O)c3ccc([N+](=O)[O-])cc3)CC2)c1. The molecule has 1 amide bonds. The van der Waals surface area contributed by atoms with Gasteiger partial charge in [0, 0.05) is 63.7 Å². The number of non-ortho nitro benzene ring substituents is 1. The Hall–Kier alpha value is -2.98. The maximum atomic E-state index is 12.8. The third kappa shape index (κ3) is 4.38. The fourth-order valence-electron chi connectivity index (χ4n) is 3.12. The molecule has 0 unspecified atom stereocenters. The van der Waals surface area contributed by atoms with Gasteiger partial charge in [-0.15, -0.1) is 0 Å². The van der Waals surface area contributed by atoms with E-state index in [0.717, 1.165) is 5.69 Å². The molecule has 0 N–H and O–H groups in total. The summed E-state index contributed by atoms with van der Waals surface area (Å²) in [5, 5.41) is 10.7. The van der Waals surface area contributed by atoms with Crippen molar-refractivity contribution in [3.05, 3.63) is 64.2 Å². The molecule has 2 aromatic rings. The molecule has 29 heavy (non-hydrogen) atoms. The summed E-state index contributed by atoms with van der Waals surface area (Å²) in [6, 6.07) is 12.1. The standard InChI is InChI=1S/C19H22N4O5S/c1-20(2)17-5-3-4-15(14-17)19(24)21-10-12-22(13-11-21)29(27,28)18-8-6-16(7-9-18)23(25)26/h3-9,14H,10-13H2,1-2H3. The van der Waals surface area contributed by atoms with E-state index in [4.69, 9.17) is 0 Å². The van der Waals surface area contributed by atoms with Crippen LogP contribution in [0.2, 0.25) is 0 Å². The lowest BCUT2D eigenvalue weighted by atomic mass is 10.1. The maximum Gasteiger partial charge on any atom is 0.269 e. The highest BCUT2D eigenvalue weighted by molar-refractivity contribution is 7.89. The predicted octanol–water partition coefficient (Wildman–Crippen LogP) is 1.81. The minimum atomic E-state index is -3.77. The van der Waals surface area contributed by atoms with Crippen LogP contribution in [0.25, 0.3) is 0 Å². The first-order valence-corrected chi connectivity index (χ1v) is 10.5. The average Bonchev–Trinajstić information content (AvgIpc) is 2.73. The Bertz CT molecular complexity index is 1010. The monoisotopic (exact) mass is 418 g/mol. The van der Waals surface area contributed by atoms with Crippen molar-refractivity contribution in [1.29, 1.82) is 0 Å².